The minimum absolute atomic E-state index is 0.217. The van der Waals surface area contributed by atoms with Crippen molar-refractivity contribution in [1.82, 2.24) is 10.4 Å². The third-order valence-electron chi connectivity index (χ3n) is 3.22. The van der Waals surface area contributed by atoms with E-state index in [4.69, 9.17) is 4.74 Å². The third-order valence-corrected chi connectivity index (χ3v) is 3.22. The van der Waals surface area contributed by atoms with E-state index in [-0.39, 0.29) is 18.4 Å². The number of nitrogens with zero attached hydrogens (tertiary/aromatic N) is 2. The summed E-state index contributed by atoms with van der Waals surface area (Å²) in [6, 6.07) is 7.00. The van der Waals surface area contributed by atoms with Crippen LogP contribution in [0.5, 0.6) is 5.75 Å². The molecule has 2 aromatic rings. The highest BCUT2D eigenvalue weighted by Gasteiger charge is 2.09. The Morgan fingerprint density at radius 3 is 3.00 bits per heavy atom. The predicted octanol–water partition coefficient (Wildman–Crippen LogP) is 2.62. The van der Waals surface area contributed by atoms with Gasteiger partial charge in [0, 0.05) is 24.1 Å². The van der Waals surface area contributed by atoms with Gasteiger partial charge in [-0.2, -0.15) is 4.91 Å². The van der Waals surface area contributed by atoms with Gasteiger partial charge in [0.2, 0.25) is 5.91 Å². The molecule has 0 aliphatic carbocycles. The zero-order chi connectivity index (χ0) is 15.9. The van der Waals surface area contributed by atoms with Crippen LogP contribution in [0.2, 0.25) is 0 Å². The summed E-state index contributed by atoms with van der Waals surface area (Å²) in [7, 11) is 1.58. The van der Waals surface area contributed by atoms with E-state index in [1.807, 2.05) is 18.2 Å². The number of nitroso groups, excluding NO2 is 1. The van der Waals surface area contributed by atoms with Gasteiger partial charge in [-0.15, -0.1) is 0 Å². The van der Waals surface area contributed by atoms with Gasteiger partial charge >= 0.3 is 0 Å². The number of hydrazine groups is 1. The molecule has 0 aliphatic heterocycles. The highest BCUT2D eigenvalue weighted by atomic mass is 16.5. The maximum atomic E-state index is 11.8. The van der Waals surface area contributed by atoms with Gasteiger partial charge in [0.1, 0.15) is 5.75 Å². The molecule has 2 N–H and O–H groups in total. The van der Waals surface area contributed by atoms with Crippen LogP contribution < -0.4 is 15.6 Å². The number of carbonyl (C=O) groups excluding carboxylic acids is 1. The minimum atomic E-state index is -0.370. The first-order chi connectivity index (χ1) is 10.6. The second-order valence-corrected chi connectivity index (χ2v) is 4.92. The smallest absolute Gasteiger partial charge is 0.238 e. The summed E-state index contributed by atoms with van der Waals surface area (Å²) in [4.78, 5) is 26.3. The number of ether oxygens (including phenoxy) is 1. The lowest BCUT2D eigenvalue weighted by Gasteiger charge is -2.12. The average Bonchev–Trinajstić information content (AvgIpc) is 2.56. The van der Waals surface area contributed by atoms with E-state index in [1.165, 1.54) is 0 Å². The van der Waals surface area contributed by atoms with Gasteiger partial charge < -0.3 is 4.74 Å². The van der Waals surface area contributed by atoms with Crippen LogP contribution in [0, 0.1) is 4.91 Å². The fraction of sp³-hybridized carbons (Fsp3) is 0.333. The average molecular weight is 302 g/mol. The molecule has 116 valence electrons. The van der Waals surface area contributed by atoms with Crippen LogP contribution in [0.1, 0.15) is 19.8 Å². The molecule has 1 amide bonds. The molecule has 7 nitrogen and oxygen atoms in total. The largest absolute Gasteiger partial charge is 0.497 e. The Kier molecular flexibility index (Phi) is 5.24. The van der Waals surface area contributed by atoms with Crippen LogP contribution in [0.15, 0.2) is 35.6 Å². The molecule has 0 bridgehead atoms. The van der Waals surface area contributed by atoms with Gasteiger partial charge in [0.25, 0.3) is 0 Å². The van der Waals surface area contributed by atoms with Gasteiger partial charge in [-0.3, -0.25) is 20.6 Å². The molecular formula is C15H18N4O3. The van der Waals surface area contributed by atoms with E-state index in [1.54, 1.807) is 26.3 Å². The second-order valence-electron chi connectivity index (χ2n) is 4.92. The number of carbonyl (C=O) groups is 1. The van der Waals surface area contributed by atoms with Gasteiger partial charge in [-0.05, 0) is 25.5 Å². The highest BCUT2D eigenvalue weighted by molar-refractivity contribution is 5.92. The Hall–Kier alpha value is -2.70. The first kappa shape index (κ1) is 15.7. The highest BCUT2D eigenvalue weighted by Crippen LogP contribution is 2.27. The quantitative estimate of drug-likeness (QED) is 0.606. The lowest BCUT2D eigenvalue weighted by molar-refractivity contribution is -0.120. The monoisotopic (exact) mass is 302 g/mol. The molecule has 1 unspecified atom stereocenters. The number of pyridine rings is 1. The number of amides is 1. The van der Waals surface area contributed by atoms with Crippen molar-refractivity contribution < 1.29 is 9.53 Å². The summed E-state index contributed by atoms with van der Waals surface area (Å²) in [5.74, 6) is 0.443. The topological polar surface area (TPSA) is 92.7 Å². The van der Waals surface area contributed by atoms with Gasteiger partial charge in [0.05, 0.1) is 24.4 Å². The Morgan fingerprint density at radius 2 is 2.27 bits per heavy atom. The summed E-state index contributed by atoms with van der Waals surface area (Å²) < 4.78 is 5.24. The van der Waals surface area contributed by atoms with Gasteiger partial charge in [-0.1, -0.05) is 11.2 Å². The molecule has 1 heterocycles. The summed E-state index contributed by atoms with van der Waals surface area (Å²) in [6.07, 6.45) is 2.31. The molecule has 1 aromatic heterocycles. The van der Waals surface area contributed by atoms with E-state index in [2.05, 4.69) is 21.0 Å². The molecule has 1 atom stereocenters. The van der Waals surface area contributed by atoms with Crippen molar-refractivity contribution in [2.75, 3.05) is 12.5 Å². The number of anilines is 1. The lowest BCUT2D eigenvalue weighted by Crippen LogP contribution is -2.29. The van der Waals surface area contributed by atoms with Crippen LogP contribution in [0.3, 0.4) is 0 Å². The number of hydrogen-bond acceptors (Lipinski definition) is 6. The first-order valence-corrected chi connectivity index (χ1v) is 6.94. The van der Waals surface area contributed by atoms with Gasteiger partial charge in [0.15, 0.2) is 0 Å². The Morgan fingerprint density at radius 1 is 1.45 bits per heavy atom. The number of benzene rings is 1. The van der Waals surface area contributed by atoms with Crippen molar-refractivity contribution in [3.63, 3.8) is 0 Å². The van der Waals surface area contributed by atoms with E-state index in [0.29, 0.717) is 17.9 Å². The van der Waals surface area contributed by atoms with Gasteiger partial charge in [-0.25, -0.2) is 0 Å². The first-order valence-electron chi connectivity index (χ1n) is 6.94. The number of rotatable bonds is 7. The summed E-state index contributed by atoms with van der Waals surface area (Å²) in [5.41, 5.74) is 6.82. The van der Waals surface area contributed by atoms with Crippen molar-refractivity contribution in [3.8, 4) is 5.75 Å². The maximum Gasteiger partial charge on any atom is 0.238 e. The molecule has 22 heavy (non-hydrogen) atoms. The number of aromatic nitrogens is 1. The second kappa shape index (κ2) is 7.35. The Bertz CT molecular complexity index is 675. The van der Waals surface area contributed by atoms with Crippen molar-refractivity contribution in [3.05, 3.63) is 35.4 Å². The molecular weight excluding hydrogens is 284 g/mol. The molecule has 2 rings (SSSR count). The van der Waals surface area contributed by atoms with E-state index < -0.39 is 0 Å². The fourth-order valence-corrected chi connectivity index (χ4v) is 1.97. The molecule has 7 heteroatoms. The molecule has 0 aliphatic rings. The zero-order valence-electron chi connectivity index (χ0n) is 12.5. The standard InChI is InChI=1S/C15H18N4O3/c1-10(19-21)5-6-14(20)18-17-13-9-12(22-2)8-11-4-3-7-16-15(11)13/h3-4,7-10,17H,5-6H2,1-2H3,(H,18,20). The number of methoxy groups -OCH3 is 1. The van der Waals surface area contributed by atoms with Crippen LogP contribution >= 0.6 is 0 Å². The lowest BCUT2D eigenvalue weighted by atomic mass is 10.2. The van der Waals surface area contributed by atoms with Crippen LogP contribution in [-0.2, 0) is 4.79 Å². The Balaban J connectivity index is 2.07. The number of fused-ring (bicyclic) bond motifs is 1. The van der Waals surface area contributed by atoms with Crippen LogP contribution in [0.25, 0.3) is 10.9 Å². The van der Waals surface area contributed by atoms with Crippen molar-refractivity contribution in [1.29, 1.82) is 0 Å². The van der Waals surface area contributed by atoms with Crippen molar-refractivity contribution in [2.24, 2.45) is 5.18 Å². The minimum Gasteiger partial charge on any atom is -0.497 e. The van der Waals surface area contributed by atoms with Crippen LogP contribution in [0.4, 0.5) is 5.69 Å². The molecule has 0 saturated heterocycles. The summed E-state index contributed by atoms with van der Waals surface area (Å²) in [6.45, 7) is 1.67. The van der Waals surface area contributed by atoms with E-state index in [0.717, 1.165) is 10.9 Å². The third kappa shape index (κ3) is 3.91. The molecule has 0 radical (unpaired) electrons. The number of nitrogens with one attached hydrogen (secondary N) is 2. The molecule has 1 aromatic carbocycles. The fourth-order valence-electron chi connectivity index (χ4n) is 1.97. The number of hydrogen-bond donors (Lipinski definition) is 2. The summed E-state index contributed by atoms with van der Waals surface area (Å²) in [5, 5.41) is 3.77. The molecule has 0 fully saturated rings. The van der Waals surface area contributed by atoms with E-state index in [9.17, 15) is 9.70 Å². The van der Waals surface area contributed by atoms with Crippen molar-refractivity contribution >= 4 is 22.5 Å². The molecule has 0 saturated carbocycles. The summed E-state index contributed by atoms with van der Waals surface area (Å²) >= 11 is 0. The maximum absolute atomic E-state index is 11.8. The van der Waals surface area contributed by atoms with E-state index >= 15 is 0 Å². The van der Waals surface area contributed by atoms with Crippen molar-refractivity contribution in [2.45, 2.75) is 25.8 Å². The normalized spacial score (nSPS) is 11.7. The Labute approximate surface area is 128 Å². The predicted molar refractivity (Wildman–Crippen MR) is 84.6 cm³/mol. The zero-order valence-corrected chi connectivity index (χ0v) is 12.5. The SMILES string of the molecule is COc1cc(NNC(=O)CCC(C)N=O)c2ncccc2c1. The van der Waals surface area contributed by atoms with Crippen LogP contribution in [-0.4, -0.2) is 24.0 Å². The molecule has 0 spiro atoms.